The van der Waals surface area contributed by atoms with E-state index < -0.39 is 41.3 Å². The maximum atomic E-state index is 16.4. The number of ether oxygens (including phenoxy) is 4. The van der Waals surface area contributed by atoms with Crippen molar-refractivity contribution in [2.75, 3.05) is 37.9 Å². The second kappa shape index (κ2) is 13.7. The lowest BCUT2D eigenvalue weighted by atomic mass is 9.83. The third-order valence-electron chi connectivity index (χ3n) is 7.08. The van der Waals surface area contributed by atoms with Gasteiger partial charge < -0.3 is 29.6 Å². The van der Waals surface area contributed by atoms with Gasteiger partial charge in [0.05, 0.1) is 41.9 Å². The lowest BCUT2D eigenvalue weighted by molar-refractivity contribution is -0.0608. The summed E-state index contributed by atoms with van der Waals surface area (Å²) < 4.78 is 39.3. The molecule has 0 fully saturated rings. The van der Waals surface area contributed by atoms with E-state index >= 15 is 4.39 Å². The van der Waals surface area contributed by atoms with Crippen molar-refractivity contribution in [2.24, 2.45) is 0 Å². The van der Waals surface area contributed by atoms with E-state index in [1.165, 1.54) is 32.4 Å². The number of hydrogen-bond acceptors (Lipinski definition) is 10. The van der Waals surface area contributed by atoms with Crippen LogP contribution in [0, 0.1) is 28.5 Å². The van der Waals surface area contributed by atoms with E-state index in [-0.39, 0.29) is 35.5 Å². The Morgan fingerprint density at radius 1 is 0.711 bits per heavy atom. The van der Waals surface area contributed by atoms with Crippen LogP contribution >= 0.6 is 0 Å². The van der Waals surface area contributed by atoms with Crippen LogP contribution in [0.25, 0.3) is 0 Å². The molecule has 0 amide bonds. The minimum atomic E-state index is -1.08. The van der Waals surface area contributed by atoms with Gasteiger partial charge in [0, 0.05) is 42.3 Å². The van der Waals surface area contributed by atoms with Gasteiger partial charge in [-0.05, 0) is 54.6 Å². The number of nitriles is 2. The highest BCUT2D eigenvalue weighted by atomic mass is 19.1. The number of anilines is 2. The second-order valence-corrected chi connectivity index (χ2v) is 9.85. The molecule has 10 nitrogen and oxygen atoms in total. The molecule has 4 aromatic rings. The van der Waals surface area contributed by atoms with E-state index in [1.54, 1.807) is 60.7 Å². The molecular weight excluding hydrogens is 579 g/mol. The van der Waals surface area contributed by atoms with Crippen molar-refractivity contribution < 1.29 is 32.9 Å². The van der Waals surface area contributed by atoms with Gasteiger partial charge in [-0.3, -0.25) is 9.59 Å². The molecule has 1 aliphatic carbocycles. The van der Waals surface area contributed by atoms with Gasteiger partial charge in [0.1, 0.15) is 0 Å². The summed E-state index contributed by atoms with van der Waals surface area (Å²) in [4.78, 5) is 26.9. The van der Waals surface area contributed by atoms with E-state index in [9.17, 15) is 9.59 Å². The first-order chi connectivity index (χ1) is 21.9. The molecule has 11 heteroatoms. The average molecular weight is 607 g/mol. The fourth-order valence-corrected chi connectivity index (χ4v) is 4.71. The number of methoxy groups -OCH3 is 2. The fraction of sp³-hybridized carbons (Fsp3) is 0.176. The number of carbonyl (C=O) groups is 2. The van der Waals surface area contributed by atoms with Crippen molar-refractivity contribution >= 4 is 22.9 Å². The molecule has 0 bridgehead atoms. The van der Waals surface area contributed by atoms with Crippen LogP contribution in [0.3, 0.4) is 0 Å². The molecule has 2 unspecified atom stereocenters. The predicted molar refractivity (Wildman–Crippen MR) is 162 cm³/mol. The van der Waals surface area contributed by atoms with Crippen molar-refractivity contribution in [1.82, 2.24) is 0 Å². The van der Waals surface area contributed by atoms with Gasteiger partial charge in [-0.1, -0.05) is 24.3 Å². The zero-order chi connectivity index (χ0) is 31.9. The second-order valence-electron chi connectivity index (χ2n) is 9.85. The third kappa shape index (κ3) is 6.60. The highest BCUT2D eigenvalue weighted by Crippen LogP contribution is 2.40. The molecule has 4 aromatic carbocycles. The Labute approximate surface area is 258 Å². The van der Waals surface area contributed by atoms with E-state index in [1.807, 2.05) is 6.07 Å². The van der Waals surface area contributed by atoms with Crippen LogP contribution in [0.15, 0.2) is 78.9 Å². The Morgan fingerprint density at radius 3 is 1.69 bits per heavy atom. The quantitative estimate of drug-likeness (QED) is 0.180. The standard InChI is InChI=1S/C34H27FN4O6/c1-42-28(18-38-22-11-7-20(16-36)8-12-22)44-27-15-26-30(33(41)25-6-4-3-5-24(25)32(26)40)31(35)34(27)45-29(43-2)19-39-23-13-9-21(17-37)10-14-23/h3-15,28-29,38-39H,18-19H2,1-2H3. The Morgan fingerprint density at radius 2 is 1.20 bits per heavy atom. The van der Waals surface area contributed by atoms with Crippen LogP contribution in [0.5, 0.6) is 11.5 Å². The Balaban J connectivity index is 1.46. The first-order valence-corrected chi connectivity index (χ1v) is 13.8. The van der Waals surface area contributed by atoms with Crippen LogP contribution in [0.1, 0.15) is 43.0 Å². The first-order valence-electron chi connectivity index (χ1n) is 13.8. The summed E-state index contributed by atoms with van der Waals surface area (Å²) in [6.07, 6.45) is -2.07. The molecule has 0 radical (unpaired) electrons. The Bertz CT molecular complexity index is 1810. The third-order valence-corrected chi connectivity index (χ3v) is 7.08. The normalized spacial score (nSPS) is 13.0. The summed E-state index contributed by atoms with van der Waals surface area (Å²) in [5, 5.41) is 24.3. The predicted octanol–water partition coefficient (Wildman–Crippen LogP) is 5.27. The maximum Gasteiger partial charge on any atom is 0.217 e. The number of fused-ring (bicyclic) bond motifs is 2. The summed E-state index contributed by atoms with van der Waals surface area (Å²) in [5.41, 5.74) is 1.96. The number of rotatable bonds is 12. The first kappa shape index (κ1) is 30.7. The molecule has 45 heavy (non-hydrogen) atoms. The molecule has 1 aliphatic rings. The monoisotopic (exact) mass is 606 g/mol. The largest absolute Gasteiger partial charge is 0.459 e. The fourth-order valence-electron chi connectivity index (χ4n) is 4.71. The lowest BCUT2D eigenvalue weighted by Gasteiger charge is -2.26. The van der Waals surface area contributed by atoms with Gasteiger partial charge in [0.2, 0.25) is 18.3 Å². The van der Waals surface area contributed by atoms with Gasteiger partial charge >= 0.3 is 0 Å². The van der Waals surface area contributed by atoms with Gasteiger partial charge in [-0.25, -0.2) is 4.39 Å². The number of ketones is 2. The lowest BCUT2D eigenvalue weighted by Crippen LogP contribution is -2.32. The molecule has 5 rings (SSSR count). The molecule has 0 saturated carbocycles. The number of hydrogen-bond donors (Lipinski definition) is 2. The molecule has 0 saturated heterocycles. The molecule has 0 aromatic heterocycles. The van der Waals surface area contributed by atoms with Crippen molar-refractivity contribution in [1.29, 1.82) is 10.5 Å². The van der Waals surface area contributed by atoms with Crippen molar-refractivity contribution in [3.05, 3.63) is 118 Å². The van der Waals surface area contributed by atoms with E-state index in [2.05, 4.69) is 16.7 Å². The number of halogens is 1. The molecule has 2 atom stereocenters. The zero-order valence-corrected chi connectivity index (χ0v) is 24.3. The van der Waals surface area contributed by atoms with Gasteiger partial charge in [-0.2, -0.15) is 10.5 Å². The summed E-state index contributed by atoms with van der Waals surface area (Å²) in [6.45, 7) is 0.131. The van der Waals surface area contributed by atoms with Crippen LogP contribution < -0.4 is 20.1 Å². The van der Waals surface area contributed by atoms with Crippen molar-refractivity contribution in [2.45, 2.75) is 12.6 Å². The molecule has 0 heterocycles. The number of nitrogens with zero attached hydrogens (tertiary/aromatic N) is 2. The van der Waals surface area contributed by atoms with Gasteiger partial charge in [0.15, 0.2) is 23.1 Å². The van der Waals surface area contributed by atoms with Crippen LogP contribution in [-0.2, 0) is 9.47 Å². The zero-order valence-electron chi connectivity index (χ0n) is 24.3. The molecule has 226 valence electrons. The van der Waals surface area contributed by atoms with Crippen LogP contribution in [0.2, 0.25) is 0 Å². The topological polar surface area (TPSA) is 143 Å². The summed E-state index contributed by atoms with van der Waals surface area (Å²) >= 11 is 0. The molecule has 0 spiro atoms. The number of nitrogens with one attached hydrogen (secondary N) is 2. The van der Waals surface area contributed by atoms with E-state index in [0.717, 1.165) is 0 Å². The van der Waals surface area contributed by atoms with E-state index in [0.29, 0.717) is 22.5 Å². The van der Waals surface area contributed by atoms with Gasteiger partial charge in [-0.15, -0.1) is 0 Å². The Kier molecular flexibility index (Phi) is 9.34. The van der Waals surface area contributed by atoms with Crippen LogP contribution in [0.4, 0.5) is 15.8 Å². The van der Waals surface area contributed by atoms with Crippen molar-refractivity contribution in [3.8, 4) is 23.6 Å². The van der Waals surface area contributed by atoms with Crippen molar-refractivity contribution in [3.63, 3.8) is 0 Å². The maximum absolute atomic E-state index is 16.4. The summed E-state index contributed by atoms with van der Waals surface area (Å²) in [6, 6.07) is 25.0. The highest BCUT2D eigenvalue weighted by molar-refractivity contribution is 6.28. The smallest absolute Gasteiger partial charge is 0.217 e. The highest BCUT2D eigenvalue weighted by Gasteiger charge is 2.36. The molecule has 2 N–H and O–H groups in total. The minimum Gasteiger partial charge on any atom is -0.459 e. The van der Waals surface area contributed by atoms with Crippen LogP contribution in [-0.4, -0.2) is 51.5 Å². The average Bonchev–Trinajstić information content (AvgIpc) is 3.08. The number of benzene rings is 4. The SMILES string of the molecule is COC(CNc1ccc(C#N)cc1)Oc1cc2c(c(F)c1OC(CNc1ccc(C#N)cc1)OC)C(=O)c1ccccc1C2=O. The Hall–Kier alpha value is -5.75. The summed E-state index contributed by atoms with van der Waals surface area (Å²) in [5.74, 6) is -2.90. The van der Waals surface area contributed by atoms with E-state index in [4.69, 9.17) is 29.5 Å². The molecular formula is C34H27FN4O6. The van der Waals surface area contributed by atoms with Gasteiger partial charge in [0.25, 0.3) is 0 Å². The number of carbonyl (C=O) groups excluding carboxylic acids is 2. The summed E-state index contributed by atoms with van der Waals surface area (Å²) in [7, 11) is 2.76. The molecule has 0 aliphatic heterocycles. The minimum absolute atomic E-state index is 0.0437.